The fourth-order valence-corrected chi connectivity index (χ4v) is 3.50. The van der Waals surface area contributed by atoms with Crippen molar-refractivity contribution in [1.29, 1.82) is 0 Å². The van der Waals surface area contributed by atoms with Crippen LogP contribution in [0.4, 0.5) is 5.69 Å². The van der Waals surface area contributed by atoms with E-state index in [-0.39, 0.29) is 5.91 Å². The maximum absolute atomic E-state index is 12.1. The lowest BCUT2D eigenvalue weighted by Gasteiger charge is -2.26. The van der Waals surface area contributed by atoms with Gasteiger partial charge in [-0.25, -0.2) is 4.68 Å². The number of amides is 1. The molecular weight excluding hydrogens is 322 g/mol. The van der Waals surface area contributed by atoms with Crippen molar-refractivity contribution in [2.24, 2.45) is 0 Å². The van der Waals surface area contributed by atoms with Crippen molar-refractivity contribution in [2.75, 3.05) is 11.4 Å². The summed E-state index contributed by atoms with van der Waals surface area (Å²) in [5.41, 5.74) is 5.38. The maximum Gasteiger partial charge on any atom is 0.226 e. The Morgan fingerprint density at radius 2 is 1.69 bits per heavy atom. The van der Waals surface area contributed by atoms with Crippen molar-refractivity contribution in [2.45, 2.75) is 32.6 Å². The third-order valence-corrected chi connectivity index (χ3v) is 4.97. The van der Waals surface area contributed by atoms with Gasteiger partial charge < -0.3 is 4.90 Å². The van der Waals surface area contributed by atoms with Crippen LogP contribution < -0.4 is 4.90 Å². The SMILES string of the molecule is CCc1cn(-c2ccc(N3CCCCC3=O)cc2)nc1-c1ccccc1. The molecule has 2 aromatic carbocycles. The molecule has 1 saturated heterocycles. The Hall–Kier alpha value is -2.88. The van der Waals surface area contributed by atoms with Gasteiger partial charge in [-0.1, -0.05) is 37.3 Å². The van der Waals surface area contributed by atoms with Gasteiger partial charge in [0.15, 0.2) is 0 Å². The zero-order valence-electron chi connectivity index (χ0n) is 15.1. The maximum atomic E-state index is 12.1. The van der Waals surface area contributed by atoms with Gasteiger partial charge in [-0.2, -0.15) is 5.10 Å². The first kappa shape index (κ1) is 16.6. The Balaban J connectivity index is 1.64. The molecule has 0 N–H and O–H groups in total. The fourth-order valence-electron chi connectivity index (χ4n) is 3.50. The monoisotopic (exact) mass is 345 g/mol. The predicted molar refractivity (Wildman–Crippen MR) is 105 cm³/mol. The van der Waals surface area contributed by atoms with Crippen LogP contribution in [0.1, 0.15) is 31.7 Å². The van der Waals surface area contributed by atoms with E-state index in [1.807, 2.05) is 52.0 Å². The molecule has 4 heteroatoms. The van der Waals surface area contributed by atoms with E-state index in [1.54, 1.807) is 0 Å². The minimum absolute atomic E-state index is 0.225. The number of aromatic nitrogens is 2. The number of carbonyl (C=O) groups is 1. The molecule has 4 rings (SSSR count). The Morgan fingerprint density at radius 3 is 2.38 bits per heavy atom. The molecule has 0 atom stereocenters. The molecule has 0 unspecified atom stereocenters. The molecule has 0 spiro atoms. The van der Waals surface area contributed by atoms with Crippen LogP contribution in [-0.4, -0.2) is 22.2 Å². The summed E-state index contributed by atoms with van der Waals surface area (Å²) in [5.74, 6) is 0.225. The van der Waals surface area contributed by atoms with E-state index in [0.29, 0.717) is 6.42 Å². The molecule has 1 amide bonds. The highest BCUT2D eigenvalue weighted by molar-refractivity contribution is 5.94. The summed E-state index contributed by atoms with van der Waals surface area (Å²) in [6.07, 6.45) is 5.77. The van der Waals surface area contributed by atoms with Crippen LogP contribution in [0.3, 0.4) is 0 Å². The Morgan fingerprint density at radius 1 is 0.962 bits per heavy atom. The van der Waals surface area contributed by atoms with Gasteiger partial charge in [-0.05, 0) is 49.1 Å². The van der Waals surface area contributed by atoms with Crippen molar-refractivity contribution < 1.29 is 4.79 Å². The van der Waals surface area contributed by atoms with Crippen LogP contribution >= 0.6 is 0 Å². The number of benzene rings is 2. The number of nitrogens with zero attached hydrogens (tertiary/aromatic N) is 3. The molecule has 2 heterocycles. The molecule has 0 radical (unpaired) electrons. The molecule has 1 aromatic heterocycles. The molecule has 3 aromatic rings. The number of anilines is 1. The number of aryl methyl sites for hydroxylation is 1. The van der Waals surface area contributed by atoms with E-state index in [1.165, 1.54) is 5.56 Å². The van der Waals surface area contributed by atoms with Gasteiger partial charge in [-0.3, -0.25) is 4.79 Å². The number of hydrogen-bond acceptors (Lipinski definition) is 2. The number of hydrogen-bond donors (Lipinski definition) is 0. The first-order valence-corrected chi connectivity index (χ1v) is 9.31. The molecule has 0 bridgehead atoms. The van der Waals surface area contributed by atoms with Gasteiger partial charge in [0.25, 0.3) is 0 Å². The van der Waals surface area contributed by atoms with E-state index >= 15 is 0 Å². The Bertz CT molecular complexity index is 897. The third-order valence-electron chi connectivity index (χ3n) is 4.97. The standard InChI is InChI=1S/C22H23N3O/c1-2-17-16-25(23-22(17)18-8-4-3-5-9-18)20-13-11-19(12-14-20)24-15-7-6-10-21(24)26/h3-5,8-9,11-14,16H,2,6-7,10,15H2,1H3. The fraction of sp³-hybridized carbons (Fsp3) is 0.273. The minimum atomic E-state index is 0.225. The van der Waals surface area contributed by atoms with E-state index < -0.39 is 0 Å². The Labute approximate surface area is 154 Å². The van der Waals surface area contributed by atoms with Crippen molar-refractivity contribution in [1.82, 2.24) is 9.78 Å². The predicted octanol–water partition coefficient (Wildman–Crippen LogP) is 4.62. The van der Waals surface area contributed by atoms with Gasteiger partial charge in [-0.15, -0.1) is 0 Å². The van der Waals surface area contributed by atoms with Crippen molar-refractivity contribution in [3.63, 3.8) is 0 Å². The topological polar surface area (TPSA) is 38.1 Å². The second-order valence-electron chi connectivity index (χ2n) is 6.69. The van der Waals surface area contributed by atoms with Crippen LogP contribution in [-0.2, 0) is 11.2 Å². The van der Waals surface area contributed by atoms with Crippen LogP contribution in [0.2, 0.25) is 0 Å². The molecule has 4 nitrogen and oxygen atoms in total. The first-order chi connectivity index (χ1) is 12.8. The van der Waals surface area contributed by atoms with Crippen LogP contribution in [0.15, 0.2) is 60.8 Å². The molecular formula is C22H23N3O. The van der Waals surface area contributed by atoms with E-state index in [4.69, 9.17) is 5.10 Å². The summed E-state index contributed by atoms with van der Waals surface area (Å²) in [4.78, 5) is 14.0. The van der Waals surface area contributed by atoms with Crippen molar-refractivity contribution in [3.05, 3.63) is 66.4 Å². The van der Waals surface area contributed by atoms with Gasteiger partial charge >= 0.3 is 0 Å². The van der Waals surface area contributed by atoms with Gasteiger partial charge in [0.05, 0.1) is 11.4 Å². The number of piperidine rings is 1. The highest BCUT2D eigenvalue weighted by atomic mass is 16.2. The Kier molecular flexibility index (Phi) is 4.57. The van der Waals surface area contributed by atoms with Gasteiger partial charge in [0.2, 0.25) is 5.91 Å². The second-order valence-corrected chi connectivity index (χ2v) is 6.69. The lowest BCUT2D eigenvalue weighted by molar-refractivity contribution is -0.119. The second kappa shape index (κ2) is 7.16. The van der Waals surface area contributed by atoms with Gasteiger partial charge in [0, 0.05) is 30.4 Å². The smallest absolute Gasteiger partial charge is 0.226 e. The number of rotatable bonds is 4. The average molecular weight is 345 g/mol. The average Bonchev–Trinajstić information content (AvgIpc) is 3.14. The van der Waals surface area contributed by atoms with Crippen LogP contribution in [0.5, 0.6) is 0 Å². The summed E-state index contributed by atoms with van der Waals surface area (Å²) in [6, 6.07) is 18.4. The normalized spacial score (nSPS) is 14.7. The quantitative estimate of drug-likeness (QED) is 0.692. The largest absolute Gasteiger partial charge is 0.312 e. The molecule has 1 aliphatic heterocycles. The summed E-state index contributed by atoms with van der Waals surface area (Å²) in [7, 11) is 0. The summed E-state index contributed by atoms with van der Waals surface area (Å²) >= 11 is 0. The molecule has 132 valence electrons. The van der Waals surface area contributed by atoms with E-state index in [0.717, 1.165) is 48.4 Å². The summed E-state index contributed by atoms with van der Waals surface area (Å²) < 4.78 is 1.93. The zero-order chi connectivity index (χ0) is 17.9. The minimum Gasteiger partial charge on any atom is -0.312 e. The van der Waals surface area contributed by atoms with E-state index in [2.05, 4.69) is 25.3 Å². The number of carbonyl (C=O) groups excluding carboxylic acids is 1. The molecule has 26 heavy (non-hydrogen) atoms. The van der Waals surface area contributed by atoms with Crippen LogP contribution in [0.25, 0.3) is 16.9 Å². The molecule has 0 aliphatic carbocycles. The summed E-state index contributed by atoms with van der Waals surface area (Å²) in [6.45, 7) is 2.97. The molecule has 0 saturated carbocycles. The lowest BCUT2D eigenvalue weighted by atomic mass is 10.1. The van der Waals surface area contributed by atoms with E-state index in [9.17, 15) is 4.79 Å². The van der Waals surface area contributed by atoms with Crippen LogP contribution in [0, 0.1) is 0 Å². The van der Waals surface area contributed by atoms with Gasteiger partial charge in [0.1, 0.15) is 0 Å². The lowest BCUT2D eigenvalue weighted by Crippen LogP contribution is -2.35. The highest BCUT2D eigenvalue weighted by Crippen LogP contribution is 2.26. The third kappa shape index (κ3) is 3.15. The van der Waals surface area contributed by atoms with Crippen molar-refractivity contribution >= 4 is 11.6 Å². The molecule has 1 aliphatic rings. The molecule has 1 fully saturated rings. The summed E-state index contributed by atoms with van der Waals surface area (Å²) in [5, 5.41) is 4.81. The zero-order valence-corrected chi connectivity index (χ0v) is 15.1. The first-order valence-electron chi connectivity index (χ1n) is 9.31. The van der Waals surface area contributed by atoms with Crippen molar-refractivity contribution in [3.8, 4) is 16.9 Å². The highest BCUT2D eigenvalue weighted by Gasteiger charge is 2.19.